The summed E-state index contributed by atoms with van der Waals surface area (Å²) in [5.41, 5.74) is 0. The Morgan fingerprint density at radius 1 is 0.541 bits per heavy atom. The second-order valence-corrected chi connectivity index (χ2v) is 17.3. The number of esters is 2. The number of aliphatic hydroxyl groups excluding tert-OH is 1. The number of carbonyl (C=O) groups is 2. The van der Waals surface area contributed by atoms with Crippen LogP contribution in [-0.4, -0.2) is 86.6 Å². The van der Waals surface area contributed by atoms with Crippen molar-refractivity contribution >= 4 is 19.8 Å². The number of phosphoric ester groups is 1. The first-order valence-electron chi connectivity index (χ1n) is 22.7. The van der Waals surface area contributed by atoms with Crippen molar-refractivity contribution in [3.63, 3.8) is 0 Å². The van der Waals surface area contributed by atoms with Crippen molar-refractivity contribution in [3.05, 3.63) is 109 Å². The van der Waals surface area contributed by atoms with Gasteiger partial charge in [-0.05, 0) is 96.3 Å². The minimum absolute atomic E-state index is 0.000955. The number of carbonyl (C=O) groups excluding carboxylic acids is 2. The molecule has 0 rings (SSSR count). The zero-order chi connectivity index (χ0) is 45.0. The van der Waals surface area contributed by atoms with E-state index in [1.165, 1.54) is 25.7 Å². The summed E-state index contributed by atoms with van der Waals surface area (Å²) in [5.74, 6) is -0.987. The molecule has 11 heteroatoms. The number of ether oxygens (including phenoxy) is 2. The molecule has 0 spiro atoms. The number of hydrogen-bond acceptors (Lipinski definition) is 8. The van der Waals surface area contributed by atoms with Gasteiger partial charge in [0.1, 0.15) is 19.8 Å². The molecule has 0 amide bonds. The molecule has 346 valence electrons. The molecule has 0 aromatic heterocycles. The number of hydrogen-bond donors (Lipinski definition) is 2. The van der Waals surface area contributed by atoms with Gasteiger partial charge in [-0.1, -0.05) is 136 Å². The maximum atomic E-state index is 12.7. The maximum Gasteiger partial charge on any atom is 0.472 e. The van der Waals surface area contributed by atoms with Gasteiger partial charge in [-0.2, -0.15) is 0 Å². The third-order valence-corrected chi connectivity index (χ3v) is 9.83. The van der Waals surface area contributed by atoms with E-state index < -0.39 is 32.5 Å². The number of aliphatic hydroxyl groups is 1. The van der Waals surface area contributed by atoms with Crippen LogP contribution in [0.5, 0.6) is 0 Å². The average molecular weight is 873 g/mol. The van der Waals surface area contributed by atoms with E-state index in [2.05, 4.69) is 98.1 Å². The predicted octanol–water partition coefficient (Wildman–Crippen LogP) is 12.1. The smallest absolute Gasteiger partial charge is 0.462 e. The van der Waals surface area contributed by atoms with E-state index in [0.29, 0.717) is 30.3 Å². The van der Waals surface area contributed by atoms with Crippen LogP contribution < -0.4 is 0 Å². The number of rotatable bonds is 40. The Bertz CT molecular complexity index is 1400. The van der Waals surface area contributed by atoms with Crippen LogP contribution in [-0.2, 0) is 32.7 Å². The van der Waals surface area contributed by atoms with Gasteiger partial charge in [0, 0.05) is 19.4 Å². The Balaban J connectivity index is 4.58. The van der Waals surface area contributed by atoms with E-state index in [1.807, 2.05) is 39.4 Å². The van der Waals surface area contributed by atoms with E-state index >= 15 is 0 Å². The highest BCUT2D eigenvalue weighted by molar-refractivity contribution is 7.47. The molecule has 10 nitrogen and oxygen atoms in total. The molecule has 0 aromatic rings. The standard InChI is InChI=1S/C50H82NO9P/c1-5-6-7-8-9-10-11-12-13-14-15-17-20-23-26-29-32-35-38-41-49(53)57-46-48(47-59-61(55,56)58-45-43-51(2,3)4)60-50(54)42-39-36-33-30-27-24-21-18-16-19-22-25-28-31-34-37-40-44-52/h9-10,12-13,15-17,19,21,23-26,28,30,32-33,35,48,52H,5-8,11,14,18,20,22,27,29,31,34,36-47H2,1-4H3/p+1/b10-9-,13-12-,17-15-,19-16-,24-21-,26-23-,28-25-,33-30-,35-32-/t48-/m1/s1. The highest BCUT2D eigenvalue weighted by Crippen LogP contribution is 2.43. The number of quaternary nitrogens is 1. The second kappa shape index (κ2) is 42.0. The number of nitrogens with zero attached hydrogens (tertiary/aromatic N) is 1. The van der Waals surface area contributed by atoms with Crippen LogP contribution in [0.3, 0.4) is 0 Å². The van der Waals surface area contributed by atoms with Crippen LogP contribution in [0.1, 0.15) is 135 Å². The predicted molar refractivity (Wildman–Crippen MR) is 253 cm³/mol. The molecule has 0 aromatic carbocycles. The molecule has 1 unspecified atom stereocenters. The first-order chi connectivity index (χ1) is 29.5. The van der Waals surface area contributed by atoms with E-state index in [1.54, 1.807) is 0 Å². The molecule has 0 fully saturated rings. The fraction of sp³-hybridized carbons (Fsp3) is 0.600. The SMILES string of the molecule is CCCCC/C=C\C/C=C\C/C=C\C/C=C\C/C=C\CCC(=O)OC[C@H](COP(=O)(O)OCC[N+](C)(C)C)OC(=O)CCC/C=C\C/C=C\C/C=C\C/C=C\CCCCCO. The van der Waals surface area contributed by atoms with Gasteiger partial charge in [0.05, 0.1) is 27.7 Å². The molecule has 0 aliphatic carbocycles. The van der Waals surface area contributed by atoms with Gasteiger partial charge in [0.15, 0.2) is 6.10 Å². The molecule has 0 saturated carbocycles. The van der Waals surface area contributed by atoms with Crippen LogP contribution in [0.2, 0.25) is 0 Å². The maximum absolute atomic E-state index is 12.7. The van der Waals surface area contributed by atoms with Crippen LogP contribution >= 0.6 is 7.82 Å². The first-order valence-corrected chi connectivity index (χ1v) is 24.2. The van der Waals surface area contributed by atoms with Crippen molar-refractivity contribution in [2.45, 2.75) is 141 Å². The van der Waals surface area contributed by atoms with Gasteiger partial charge in [0.25, 0.3) is 0 Å². The Hall–Kier alpha value is -3.37. The number of likely N-dealkylation sites (N-methyl/N-ethyl adjacent to an activating group) is 1. The Labute approximate surface area is 370 Å². The monoisotopic (exact) mass is 873 g/mol. The molecule has 61 heavy (non-hydrogen) atoms. The Kier molecular flexibility index (Phi) is 39.6. The Morgan fingerprint density at radius 3 is 1.44 bits per heavy atom. The first kappa shape index (κ1) is 57.6. The molecule has 0 saturated heterocycles. The number of phosphoric acid groups is 1. The minimum atomic E-state index is -4.42. The van der Waals surface area contributed by atoms with Crippen molar-refractivity contribution in [3.8, 4) is 0 Å². The van der Waals surface area contributed by atoms with Crippen molar-refractivity contribution < 1.29 is 47.2 Å². The van der Waals surface area contributed by atoms with E-state index in [0.717, 1.165) is 70.6 Å². The van der Waals surface area contributed by atoms with Gasteiger partial charge >= 0.3 is 19.8 Å². The molecule has 0 radical (unpaired) electrons. The molecule has 0 bridgehead atoms. The molecule has 0 aliphatic heterocycles. The second-order valence-electron chi connectivity index (χ2n) is 15.8. The topological polar surface area (TPSA) is 129 Å². The third kappa shape index (κ3) is 46.0. The minimum Gasteiger partial charge on any atom is -0.462 e. The van der Waals surface area contributed by atoms with Gasteiger partial charge in [0.2, 0.25) is 0 Å². The van der Waals surface area contributed by atoms with E-state index in [9.17, 15) is 19.0 Å². The van der Waals surface area contributed by atoms with Crippen molar-refractivity contribution in [1.29, 1.82) is 0 Å². The zero-order valence-electron chi connectivity index (χ0n) is 38.3. The highest BCUT2D eigenvalue weighted by Gasteiger charge is 2.27. The van der Waals surface area contributed by atoms with Gasteiger partial charge in [-0.3, -0.25) is 18.6 Å². The molecule has 2 atom stereocenters. The van der Waals surface area contributed by atoms with Gasteiger partial charge < -0.3 is 24.0 Å². The molecule has 0 heterocycles. The quantitative estimate of drug-likeness (QED) is 0.0203. The fourth-order valence-corrected chi connectivity index (χ4v) is 6.00. The summed E-state index contributed by atoms with van der Waals surface area (Å²) >= 11 is 0. The number of unbranched alkanes of at least 4 members (excludes halogenated alkanes) is 7. The lowest BCUT2D eigenvalue weighted by Crippen LogP contribution is -2.37. The van der Waals surface area contributed by atoms with Crippen molar-refractivity contribution in [1.82, 2.24) is 0 Å². The Morgan fingerprint density at radius 2 is 0.984 bits per heavy atom. The third-order valence-electron chi connectivity index (χ3n) is 8.84. The van der Waals surface area contributed by atoms with E-state index in [-0.39, 0.29) is 32.7 Å². The molecular formula is C50H83NO9P+. The van der Waals surface area contributed by atoms with Crippen molar-refractivity contribution in [2.24, 2.45) is 0 Å². The fourth-order valence-electron chi connectivity index (χ4n) is 5.26. The zero-order valence-corrected chi connectivity index (χ0v) is 39.2. The lowest BCUT2D eigenvalue weighted by atomic mass is 10.2. The molecular weight excluding hydrogens is 790 g/mol. The van der Waals surface area contributed by atoms with Gasteiger partial charge in [-0.25, -0.2) is 4.57 Å². The summed E-state index contributed by atoms with van der Waals surface area (Å²) in [4.78, 5) is 35.3. The summed E-state index contributed by atoms with van der Waals surface area (Å²) in [6.45, 7) is 2.21. The van der Waals surface area contributed by atoms with Crippen LogP contribution in [0.4, 0.5) is 0 Å². The van der Waals surface area contributed by atoms with Crippen molar-refractivity contribution in [2.75, 3.05) is 54.1 Å². The molecule has 0 aliphatic rings. The molecule has 2 N–H and O–H groups in total. The van der Waals surface area contributed by atoms with Crippen LogP contribution in [0, 0.1) is 0 Å². The van der Waals surface area contributed by atoms with Crippen LogP contribution in [0.25, 0.3) is 0 Å². The lowest BCUT2D eigenvalue weighted by Gasteiger charge is -2.24. The average Bonchev–Trinajstić information content (AvgIpc) is 3.21. The number of allylic oxidation sites excluding steroid dienone is 18. The van der Waals surface area contributed by atoms with Gasteiger partial charge in [-0.15, -0.1) is 0 Å². The normalized spacial score (nSPS) is 14.5. The van der Waals surface area contributed by atoms with E-state index in [4.69, 9.17) is 23.6 Å². The summed E-state index contributed by atoms with van der Waals surface area (Å²) in [6.07, 6.45) is 54.6. The summed E-state index contributed by atoms with van der Waals surface area (Å²) in [6, 6.07) is 0. The lowest BCUT2D eigenvalue weighted by molar-refractivity contribution is -0.870. The summed E-state index contributed by atoms with van der Waals surface area (Å²) in [7, 11) is 1.37. The summed E-state index contributed by atoms with van der Waals surface area (Å²) < 4.78 is 34.1. The van der Waals surface area contributed by atoms with Crippen LogP contribution in [0.15, 0.2) is 109 Å². The largest absolute Gasteiger partial charge is 0.472 e. The highest BCUT2D eigenvalue weighted by atomic mass is 31.2. The summed E-state index contributed by atoms with van der Waals surface area (Å²) in [5, 5.41) is 8.81.